The highest BCUT2D eigenvalue weighted by atomic mass is 19.1. The number of anilines is 2. The molecule has 4 aromatic rings. The molecule has 1 saturated heterocycles. The third-order valence-corrected chi connectivity index (χ3v) is 7.35. The van der Waals surface area contributed by atoms with Crippen LogP contribution >= 0.6 is 0 Å². The van der Waals surface area contributed by atoms with Crippen molar-refractivity contribution in [3.8, 4) is 11.3 Å². The molecule has 38 heavy (non-hydrogen) atoms. The molecule has 2 N–H and O–H groups in total. The Bertz CT molecular complexity index is 1430. The van der Waals surface area contributed by atoms with E-state index in [4.69, 9.17) is 0 Å². The van der Waals surface area contributed by atoms with Crippen LogP contribution in [-0.2, 0) is 0 Å². The summed E-state index contributed by atoms with van der Waals surface area (Å²) >= 11 is 0. The number of piperidine rings is 1. The van der Waals surface area contributed by atoms with Gasteiger partial charge in [0.1, 0.15) is 22.9 Å². The zero-order chi connectivity index (χ0) is 27.0. The predicted molar refractivity (Wildman–Crippen MR) is 143 cm³/mol. The summed E-state index contributed by atoms with van der Waals surface area (Å²) < 4.78 is 31.7. The smallest absolute Gasteiger partial charge is 0.229 e. The first-order valence-corrected chi connectivity index (χ1v) is 13.1. The van der Waals surface area contributed by atoms with Crippen LogP contribution in [0.25, 0.3) is 22.3 Å². The maximum Gasteiger partial charge on any atom is 0.229 e. The number of nitrogens with zero attached hydrogens (tertiary/aromatic N) is 6. The fraction of sp³-hybridized carbons (Fsp3) is 0.429. The van der Waals surface area contributed by atoms with E-state index < -0.39 is 17.7 Å². The van der Waals surface area contributed by atoms with Gasteiger partial charge in [0.15, 0.2) is 11.6 Å². The molecule has 0 bridgehead atoms. The zero-order valence-electron chi connectivity index (χ0n) is 22.1. The first-order chi connectivity index (χ1) is 18.2. The molecule has 5 rings (SSSR count). The topological polar surface area (TPSA) is 92.0 Å². The first-order valence-electron chi connectivity index (χ1n) is 13.1. The van der Waals surface area contributed by atoms with Crippen LogP contribution in [-0.4, -0.2) is 54.1 Å². The van der Waals surface area contributed by atoms with Gasteiger partial charge in [-0.2, -0.15) is 0 Å². The Labute approximate surface area is 220 Å². The van der Waals surface area contributed by atoms with Crippen molar-refractivity contribution in [3.05, 3.63) is 59.7 Å². The number of imidazole rings is 1. The predicted octanol–water partition coefficient (Wildman–Crippen LogP) is 5.56. The molecule has 1 atom stereocenters. The lowest BCUT2D eigenvalue weighted by Crippen LogP contribution is -2.35. The third-order valence-electron chi connectivity index (χ3n) is 7.35. The number of hydrogen-bond donors (Lipinski definition) is 2. The molecule has 0 spiro atoms. The van der Waals surface area contributed by atoms with Crippen molar-refractivity contribution in [1.29, 1.82) is 0 Å². The number of aliphatic hydroxyl groups excluding tert-OH is 1. The SMILES string of the molecule is CCN1CCC([C@H](O)c2ccc(Nc3ncc(F)c(-c4cc(F)c5nc(C)n(C(C)C)c5c4)n3)nc2)CC1. The van der Waals surface area contributed by atoms with Crippen molar-refractivity contribution < 1.29 is 13.9 Å². The van der Waals surface area contributed by atoms with Crippen molar-refractivity contribution in [2.45, 2.75) is 52.7 Å². The van der Waals surface area contributed by atoms with Gasteiger partial charge >= 0.3 is 0 Å². The van der Waals surface area contributed by atoms with Gasteiger partial charge in [-0.1, -0.05) is 13.0 Å². The lowest BCUT2D eigenvalue weighted by atomic mass is 9.88. The van der Waals surface area contributed by atoms with Crippen LogP contribution in [0, 0.1) is 24.5 Å². The van der Waals surface area contributed by atoms with E-state index in [0.717, 1.165) is 44.2 Å². The molecule has 3 aromatic heterocycles. The molecule has 0 unspecified atom stereocenters. The molecule has 4 heterocycles. The van der Waals surface area contributed by atoms with Crippen LogP contribution in [0.4, 0.5) is 20.5 Å². The molecule has 10 heteroatoms. The minimum Gasteiger partial charge on any atom is -0.388 e. The fourth-order valence-electron chi connectivity index (χ4n) is 5.31. The van der Waals surface area contributed by atoms with E-state index in [1.165, 1.54) is 6.07 Å². The Morgan fingerprint density at radius 3 is 2.47 bits per heavy atom. The molecule has 1 fully saturated rings. The lowest BCUT2D eigenvalue weighted by Gasteiger charge is -2.33. The number of aryl methyl sites for hydroxylation is 1. The number of benzene rings is 1. The maximum absolute atomic E-state index is 15.0. The van der Waals surface area contributed by atoms with Gasteiger partial charge in [0, 0.05) is 17.8 Å². The van der Waals surface area contributed by atoms with Crippen molar-refractivity contribution in [1.82, 2.24) is 29.4 Å². The summed E-state index contributed by atoms with van der Waals surface area (Å²) in [7, 11) is 0. The van der Waals surface area contributed by atoms with Crippen LogP contribution in [0.2, 0.25) is 0 Å². The fourth-order valence-corrected chi connectivity index (χ4v) is 5.31. The van der Waals surface area contributed by atoms with Crippen molar-refractivity contribution >= 4 is 22.8 Å². The Hall–Kier alpha value is -3.50. The normalized spacial score (nSPS) is 15.9. The van der Waals surface area contributed by atoms with Crippen molar-refractivity contribution in [2.75, 3.05) is 25.0 Å². The van der Waals surface area contributed by atoms with Gasteiger partial charge in [-0.25, -0.2) is 28.7 Å². The second-order valence-electron chi connectivity index (χ2n) is 10.2. The van der Waals surface area contributed by atoms with E-state index in [1.807, 2.05) is 31.4 Å². The Morgan fingerprint density at radius 2 is 1.82 bits per heavy atom. The van der Waals surface area contributed by atoms with Gasteiger partial charge in [-0.05, 0) is 82.9 Å². The number of pyridine rings is 1. The molecule has 8 nitrogen and oxygen atoms in total. The van der Waals surface area contributed by atoms with E-state index in [9.17, 15) is 13.9 Å². The van der Waals surface area contributed by atoms with Crippen molar-refractivity contribution in [2.24, 2.45) is 5.92 Å². The highest BCUT2D eigenvalue weighted by Crippen LogP contribution is 2.32. The van der Waals surface area contributed by atoms with Crippen LogP contribution in [0.1, 0.15) is 57.1 Å². The molecule has 200 valence electrons. The summed E-state index contributed by atoms with van der Waals surface area (Å²) in [5.74, 6) is 0.265. The number of fused-ring (bicyclic) bond motifs is 1. The Morgan fingerprint density at radius 1 is 1.05 bits per heavy atom. The van der Waals surface area contributed by atoms with Gasteiger partial charge in [0.2, 0.25) is 5.95 Å². The number of rotatable bonds is 7. The number of nitrogens with one attached hydrogen (secondary N) is 1. The highest BCUT2D eigenvalue weighted by Gasteiger charge is 2.26. The summed E-state index contributed by atoms with van der Waals surface area (Å²) in [5, 5.41) is 13.8. The minimum atomic E-state index is -0.665. The van der Waals surface area contributed by atoms with E-state index >= 15 is 0 Å². The third kappa shape index (κ3) is 5.10. The number of aliphatic hydroxyl groups is 1. The molecular formula is C28H33F2N7O. The maximum atomic E-state index is 15.0. The average molecular weight is 522 g/mol. The standard InChI is InChI=1S/C28H33F2N7O/c1-5-36-10-8-18(9-11-36)27(38)19-6-7-24(31-14-19)34-28-32-15-22(30)25(35-28)20-12-21(29)26-23(13-20)37(16(2)3)17(4)33-26/h6-7,12-16,18,27,38H,5,8-11H2,1-4H3,(H,31,32,34,35)/t27-/m0/s1. The molecule has 1 aliphatic heterocycles. The van der Waals surface area contributed by atoms with Gasteiger partial charge < -0.3 is 19.9 Å². The zero-order valence-corrected chi connectivity index (χ0v) is 22.1. The number of likely N-dealkylation sites (tertiary alicyclic amines) is 1. The lowest BCUT2D eigenvalue weighted by molar-refractivity contribution is 0.0602. The van der Waals surface area contributed by atoms with Crippen LogP contribution in [0.5, 0.6) is 0 Å². The number of hydrogen-bond acceptors (Lipinski definition) is 7. The van der Waals surface area contributed by atoms with Crippen LogP contribution < -0.4 is 5.32 Å². The first kappa shape index (κ1) is 26.1. The van der Waals surface area contributed by atoms with Gasteiger partial charge in [0.25, 0.3) is 0 Å². The van der Waals surface area contributed by atoms with E-state index in [-0.39, 0.29) is 29.1 Å². The quantitative estimate of drug-likeness (QED) is 0.329. The Kier molecular flexibility index (Phi) is 7.36. The molecule has 0 radical (unpaired) electrons. The second-order valence-corrected chi connectivity index (χ2v) is 10.2. The number of aromatic nitrogens is 5. The molecular weight excluding hydrogens is 488 g/mol. The van der Waals surface area contributed by atoms with E-state index in [1.54, 1.807) is 18.3 Å². The molecule has 0 saturated carbocycles. The molecule has 1 aliphatic rings. The summed E-state index contributed by atoms with van der Waals surface area (Å²) in [6.45, 7) is 11.0. The summed E-state index contributed by atoms with van der Waals surface area (Å²) in [5.41, 5.74) is 1.85. The average Bonchev–Trinajstić information content (AvgIpc) is 3.26. The van der Waals surface area contributed by atoms with Crippen molar-refractivity contribution in [3.63, 3.8) is 0 Å². The summed E-state index contributed by atoms with van der Waals surface area (Å²) in [4.78, 5) is 19.5. The van der Waals surface area contributed by atoms with Gasteiger partial charge in [-0.15, -0.1) is 0 Å². The minimum absolute atomic E-state index is 0.0251. The second kappa shape index (κ2) is 10.7. The monoisotopic (exact) mass is 521 g/mol. The molecule has 1 aromatic carbocycles. The molecule has 0 amide bonds. The van der Waals surface area contributed by atoms with E-state index in [0.29, 0.717) is 22.7 Å². The van der Waals surface area contributed by atoms with Gasteiger partial charge in [0.05, 0.1) is 17.8 Å². The Balaban J connectivity index is 1.37. The van der Waals surface area contributed by atoms with Gasteiger partial charge in [-0.3, -0.25) is 0 Å². The summed E-state index contributed by atoms with van der Waals surface area (Å²) in [6.07, 6.45) is 4.02. The van der Waals surface area contributed by atoms with E-state index in [2.05, 4.69) is 37.1 Å². The highest BCUT2D eigenvalue weighted by molar-refractivity contribution is 5.83. The largest absolute Gasteiger partial charge is 0.388 e. The van der Waals surface area contributed by atoms with Crippen LogP contribution in [0.3, 0.4) is 0 Å². The molecule has 0 aliphatic carbocycles. The summed E-state index contributed by atoms with van der Waals surface area (Å²) in [6, 6.07) is 6.57. The van der Waals surface area contributed by atoms with Crippen LogP contribution in [0.15, 0.2) is 36.7 Å². The number of halogens is 2.